The molecule has 22 heavy (non-hydrogen) atoms. The summed E-state index contributed by atoms with van der Waals surface area (Å²) < 4.78 is 43.0. The standard InChI is InChI=1S/C13H15FN2O5S/c14-9-1-5-11(6-2-9)22(19,20)15-7-13(18)21-8-12(17)16-10-3-4-10/h1-2,5-6,10,15H,3-4,7-8H2,(H,16,17). The van der Waals surface area contributed by atoms with Gasteiger partial charge in [0, 0.05) is 6.04 Å². The van der Waals surface area contributed by atoms with Crippen molar-refractivity contribution in [2.75, 3.05) is 13.2 Å². The van der Waals surface area contributed by atoms with Crippen LogP contribution in [0.2, 0.25) is 0 Å². The zero-order chi connectivity index (χ0) is 16.2. The molecule has 1 aromatic rings. The van der Waals surface area contributed by atoms with Crippen molar-refractivity contribution in [3.8, 4) is 0 Å². The molecule has 0 radical (unpaired) electrons. The molecule has 7 nitrogen and oxygen atoms in total. The van der Waals surface area contributed by atoms with Gasteiger partial charge in [0.05, 0.1) is 4.90 Å². The molecule has 2 N–H and O–H groups in total. The Morgan fingerprint density at radius 1 is 1.23 bits per heavy atom. The average Bonchev–Trinajstić information content (AvgIpc) is 3.27. The topological polar surface area (TPSA) is 102 Å². The smallest absolute Gasteiger partial charge is 0.321 e. The van der Waals surface area contributed by atoms with Crippen LogP contribution in [0.15, 0.2) is 29.2 Å². The molecule has 2 rings (SSSR count). The molecule has 0 heterocycles. The molecule has 120 valence electrons. The Balaban J connectivity index is 1.76. The third kappa shape index (κ3) is 5.08. The lowest BCUT2D eigenvalue weighted by Gasteiger charge is -2.07. The van der Waals surface area contributed by atoms with Gasteiger partial charge in [0.15, 0.2) is 6.61 Å². The van der Waals surface area contributed by atoms with Crippen molar-refractivity contribution in [2.45, 2.75) is 23.8 Å². The number of halogens is 1. The van der Waals surface area contributed by atoms with Crippen molar-refractivity contribution >= 4 is 21.9 Å². The molecule has 1 fully saturated rings. The van der Waals surface area contributed by atoms with Crippen LogP contribution in [0.25, 0.3) is 0 Å². The summed E-state index contributed by atoms with van der Waals surface area (Å²) in [5.74, 6) is -1.87. The van der Waals surface area contributed by atoms with Gasteiger partial charge in [-0.15, -0.1) is 0 Å². The maximum Gasteiger partial charge on any atom is 0.321 e. The van der Waals surface area contributed by atoms with E-state index in [1.165, 1.54) is 0 Å². The number of carbonyl (C=O) groups is 2. The molecule has 0 aromatic heterocycles. The Morgan fingerprint density at radius 3 is 2.45 bits per heavy atom. The highest BCUT2D eigenvalue weighted by Gasteiger charge is 2.23. The lowest BCUT2D eigenvalue weighted by molar-refractivity contribution is -0.147. The quantitative estimate of drug-likeness (QED) is 0.681. The van der Waals surface area contributed by atoms with Gasteiger partial charge in [-0.3, -0.25) is 9.59 Å². The number of benzene rings is 1. The molecule has 1 saturated carbocycles. The minimum absolute atomic E-state index is 0.156. The molecule has 0 saturated heterocycles. The summed E-state index contributed by atoms with van der Waals surface area (Å²) >= 11 is 0. The summed E-state index contributed by atoms with van der Waals surface area (Å²) in [6.45, 7) is -1.07. The van der Waals surface area contributed by atoms with E-state index in [1.807, 2.05) is 4.72 Å². The van der Waals surface area contributed by atoms with Crippen molar-refractivity contribution in [3.05, 3.63) is 30.1 Å². The van der Waals surface area contributed by atoms with Crippen LogP contribution < -0.4 is 10.0 Å². The Morgan fingerprint density at radius 2 is 1.86 bits per heavy atom. The highest BCUT2D eigenvalue weighted by atomic mass is 32.2. The van der Waals surface area contributed by atoms with Gasteiger partial charge >= 0.3 is 5.97 Å². The van der Waals surface area contributed by atoms with E-state index in [2.05, 4.69) is 10.1 Å². The van der Waals surface area contributed by atoms with E-state index in [9.17, 15) is 22.4 Å². The van der Waals surface area contributed by atoms with E-state index in [0.717, 1.165) is 37.1 Å². The van der Waals surface area contributed by atoms with E-state index in [1.54, 1.807) is 0 Å². The summed E-state index contributed by atoms with van der Waals surface area (Å²) in [5.41, 5.74) is 0. The third-order valence-corrected chi connectivity index (χ3v) is 4.25. The Bertz CT molecular complexity index is 656. The molecule has 0 atom stereocenters. The van der Waals surface area contributed by atoms with Gasteiger partial charge in [-0.05, 0) is 37.1 Å². The first kappa shape index (κ1) is 16.4. The Kier molecular flexibility index (Phi) is 5.09. The number of sulfonamides is 1. The molecule has 1 aromatic carbocycles. The Hall–Kier alpha value is -2.00. The minimum atomic E-state index is -3.94. The maximum absolute atomic E-state index is 12.7. The number of rotatable bonds is 7. The number of hydrogen-bond acceptors (Lipinski definition) is 5. The van der Waals surface area contributed by atoms with Crippen molar-refractivity contribution in [1.82, 2.24) is 10.0 Å². The van der Waals surface area contributed by atoms with Crippen molar-refractivity contribution in [2.24, 2.45) is 0 Å². The highest BCUT2D eigenvalue weighted by molar-refractivity contribution is 7.89. The van der Waals surface area contributed by atoms with Crippen LogP contribution in [0, 0.1) is 5.82 Å². The van der Waals surface area contributed by atoms with Crippen LogP contribution in [0.1, 0.15) is 12.8 Å². The first-order chi connectivity index (χ1) is 10.4. The largest absolute Gasteiger partial charge is 0.455 e. The van der Waals surface area contributed by atoms with Gasteiger partial charge in [0.25, 0.3) is 5.91 Å². The number of hydrogen-bond donors (Lipinski definition) is 2. The van der Waals surface area contributed by atoms with Gasteiger partial charge in [0.2, 0.25) is 10.0 Å². The van der Waals surface area contributed by atoms with Crippen molar-refractivity contribution < 1.29 is 27.1 Å². The highest BCUT2D eigenvalue weighted by Crippen LogP contribution is 2.18. The van der Waals surface area contributed by atoms with E-state index >= 15 is 0 Å². The monoisotopic (exact) mass is 330 g/mol. The van der Waals surface area contributed by atoms with E-state index < -0.39 is 40.9 Å². The zero-order valence-corrected chi connectivity index (χ0v) is 12.4. The number of nitrogens with one attached hydrogen (secondary N) is 2. The van der Waals surface area contributed by atoms with E-state index in [4.69, 9.17) is 0 Å². The summed E-state index contributed by atoms with van der Waals surface area (Å²) in [7, 11) is -3.94. The fraction of sp³-hybridized carbons (Fsp3) is 0.385. The summed E-state index contributed by atoms with van der Waals surface area (Å²) in [4.78, 5) is 22.5. The second-order valence-corrected chi connectivity index (χ2v) is 6.55. The Labute approximate surface area is 126 Å². The summed E-state index contributed by atoms with van der Waals surface area (Å²) in [6, 6.07) is 4.30. The van der Waals surface area contributed by atoms with Crippen LogP contribution in [0.4, 0.5) is 4.39 Å². The van der Waals surface area contributed by atoms with Gasteiger partial charge in [-0.1, -0.05) is 0 Å². The molecular formula is C13H15FN2O5S. The van der Waals surface area contributed by atoms with Crippen LogP contribution in [0.5, 0.6) is 0 Å². The first-order valence-corrected chi connectivity index (χ1v) is 8.05. The van der Waals surface area contributed by atoms with Gasteiger partial charge in [-0.2, -0.15) is 4.72 Å². The first-order valence-electron chi connectivity index (χ1n) is 6.57. The van der Waals surface area contributed by atoms with E-state index in [-0.39, 0.29) is 10.9 Å². The molecule has 0 bridgehead atoms. The van der Waals surface area contributed by atoms with Crippen LogP contribution >= 0.6 is 0 Å². The second-order valence-electron chi connectivity index (χ2n) is 4.78. The number of esters is 1. The van der Waals surface area contributed by atoms with Gasteiger partial charge < -0.3 is 10.1 Å². The van der Waals surface area contributed by atoms with Gasteiger partial charge in [0.1, 0.15) is 12.4 Å². The minimum Gasteiger partial charge on any atom is -0.455 e. The molecule has 0 unspecified atom stereocenters. The van der Waals surface area contributed by atoms with E-state index in [0.29, 0.717) is 0 Å². The van der Waals surface area contributed by atoms with Crippen LogP contribution in [-0.2, 0) is 24.3 Å². The molecule has 0 aliphatic heterocycles. The van der Waals surface area contributed by atoms with Gasteiger partial charge in [-0.25, -0.2) is 12.8 Å². The van der Waals surface area contributed by atoms with Crippen molar-refractivity contribution in [1.29, 1.82) is 0 Å². The fourth-order valence-electron chi connectivity index (χ4n) is 1.55. The lowest BCUT2D eigenvalue weighted by atomic mass is 10.4. The van der Waals surface area contributed by atoms with Crippen molar-refractivity contribution in [3.63, 3.8) is 0 Å². The second kappa shape index (κ2) is 6.84. The summed E-state index contributed by atoms with van der Waals surface area (Å²) in [6.07, 6.45) is 1.83. The predicted octanol–water partition coefficient (Wildman–Crippen LogP) is -0.0742. The third-order valence-electron chi connectivity index (χ3n) is 2.84. The molecular weight excluding hydrogens is 315 g/mol. The normalized spacial score (nSPS) is 14.4. The summed E-state index contributed by atoms with van der Waals surface area (Å²) in [5, 5.41) is 2.62. The molecule has 1 amide bonds. The average molecular weight is 330 g/mol. The molecule has 1 aliphatic rings. The predicted molar refractivity (Wildman–Crippen MR) is 73.7 cm³/mol. The van der Waals surface area contributed by atoms with Crippen LogP contribution in [0.3, 0.4) is 0 Å². The molecule has 9 heteroatoms. The molecule has 1 aliphatic carbocycles. The number of carbonyl (C=O) groups excluding carboxylic acids is 2. The zero-order valence-electron chi connectivity index (χ0n) is 11.5. The molecule has 0 spiro atoms. The van der Waals surface area contributed by atoms with Crippen LogP contribution in [-0.4, -0.2) is 39.5 Å². The SMILES string of the molecule is O=C(COC(=O)CNS(=O)(=O)c1ccc(F)cc1)NC1CC1. The number of amides is 1. The fourth-order valence-corrected chi connectivity index (χ4v) is 2.51. The lowest BCUT2D eigenvalue weighted by Crippen LogP contribution is -2.34. The number of ether oxygens (including phenoxy) is 1. The maximum atomic E-state index is 12.7.